The molecule has 0 N–H and O–H groups in total. The van der Waals surface area contributed by atoms with Gasteiger partial charge in [-0.05, 0) is 25.7 Å². The number of esters is 2. The van der Waals surface area contributed by atoms with Crippen molar-refractivity contribution in [3.05, 3.63) is 0 Å². The van der Waals surface area contributed by atoms with Crippen LogP contribution in [0.15, 0.2) is 0 Å². The minimum absolute atomic E-state index is 0. The zero-order valence-corrected chi connectivity index (χ0v) is 22.0. The number of hydrogen-bond donors (Lipinski definition) is 0. The second-order valence-electron chi connectivity index (χ2n) is 6.73. The van der Waals surface area contributed by atoms with Gasteiger partial charge in [0.05, 0.1) is 32.8 Å². The van der Waals surface area contributed by atoms with Crippen LogP contribution in [0.2, 0.25) is 0 Å². The fraction of sp³-hybridized carbons (Fsp3) is 0.900. The average molecular weight is 446 g/mol. The molecule has 0 rings (SSSR count). The van der Waals surface area contributed by atoms with E-state index in [1.54, 1.807) is 0 Å². The van der Waals surface area contributed by atoms with Crippen LogP contribution in [0.25, 0.3) is 0 Å². The van der Waals surface area contributed by atoms with Gasteiger partial charge < -0.3 is 19.9 Å². The molecule has 0 saturated heterocycles. The van der Waals surface area contributed by atoms with Crippen LogP contribution in [-0.2, 0) is 32.7 Å². The quantitative estimate of drug-likeness (QED) is 0.138. The Morgan fingerprint density at radius 2 is 1.17 bits per heavy atom. The van der Waals surface area contributed by atoms with Gasteiger partial charge >= 0.3 is 49.1 Å². The molecule has 0 aromatic heterocycles. The van der Waals surface area contributed by atoms with Crippen LogP contribution < -0.4 is 29.6 Å². The molecule has 168 valence electrons. The fourth-order valence-corrected chi connectivity index (χ4v) is 4.08. The van der Waals surface area contributed by atoms with Gasteiger partial charge in [0.1, 0.15) is 0 Å². The van der Waals surface area contributed by atoms with Crippen LogP contribution in [0, 0.1) is 0 Å². The summed E-state index contributed by atoms with van der Waals surface area (Å²) in [7, 11) is -3.86. The molecular formula is C20H40NaO7P. The third-order valence-corrected chi connectivity index (χ3v) is 6.30. The molecule has 0 aliphatic rings. The Bertz CT molecular complexity index is 466. The minimum atomic E-state index is -3.86. The van der Waals surface area contributed by atoms with Crippen molar-refractivity contribution in [1.82, 2.24) is 0 Å². The van der Waals surface area contributed by atoms with Crippen molar-refractivity contribution >= 4 is 19.5 Å². The molecule has 0 heterocycles. The zero-order chi connectivity index (χ0) is 21.3. The molecule has 0 aromatic carbocycles. The van der Waals surface area contributed by atoms with E-state index in [2.05, 4.69) is 0 Å². The van der Waals surface area contributed by atoms with E-state index in [4.69, 9.17) is 18.5 Å². The summed E-state index contributed by atoms with van der Waals surface area (Å²) in [6.07, 6.45) is 5.85. The first-order valence-electron chi connectivity index (χ1n) is 10.7. The molecule has 0 spiro atoms. The fourth-order valence-electron chi connectivity index (χ4n) is 2.17. The molecule has 0 radical (unpaired) electrons. The van der Waals surface area contributed by atoms with Gasteiger partial charge in [-0.2, -0.15) is 0 Å². The van der Waals surface area contributed by atoms with Crippen molar-refractivity contribution in [1.29, 1.82) is 0 Å². The average Bonchev–Trinajstić information content (AvgIpc) is 2.67. The predicted molar refractivity (Wildman–Crippen MR) is 111 cm³/mol. The van der Waals surface area contributed by atoms with E-state index in [9.17, 15) is 14.2 Å². The summed E-state index contributed by atoms with van der Waals surface area (Å²) < 4.78 is 35.0. The third-order valence-electron chi connectivity index (χ3n) is 4.06. The molecule has 0 amide bonds. The van der Waals surface area contributed by atoms with Gasteiger partial charge in [-0.1, -0.05) is 53.4 Å². The summed E-state index contributed by atoms with van der Waals surface area (Å²) in [4.78, 5) is 24.8. The second kappa shape index (κ2) is 20.0. The Hall–Kier alpha value is 0.0900. The van der Waals surface area contributed by atoms with E-state index in [1.165, 1.54) is 0 Å². The summed E-state index contributed by atoms with van der Waals surface area (Å²) in [6, 6.07) is 0. The molecule has 1 atom stereocenters. The Balaban J connectivity index is -0.00000364. The first kappa shape index (κ1) is 31.3. The van der Waals surface area contributed by atoms with E-state index in [0.717, 1.165) is 32.1 Å². The summed E-state index contributed by atoms with van der Waals surface area (Å²) in [6.45, 7) is 8.79. The number of rotatable bonds is 18. The smallest absolute Gasteiger partial charge is 1.00 e. The molecule has 0 aliphatic carbocycles. The summed E-state index contributed by atoms with van der Waals surface area (Å²) in [5, 5.41) is 0. The number of unbranched alkanes of at least 4 members (excludes halogenated alkanes) is 4. The minimum Gasteiger partial charge on any atom is -1.00 e. The van der Waals surface area contributed by atoms with Crippen molar-refractivity contribution in [2.45, 2.75) is 91.1 Å². The molecule has 9 heteroatoms. The third kappa shape index (κ3) is 14.7. The van der Waals surface area contributed by atoms with Crippen molar-refractivity contribution in [2.24, 2.45) is 0 Å². The number of carbonyl (C=O) groups is 2. The van der Waals surface area contributed by atoms with Crippen molar-refractivity contribution in [3.63, 3.8) is 0 Å². The largest absolute Gasteiger partial charge is 1.00 e. The molecule has 1 unspecified atom stereocenters. The maximum atomic E-state index is 13.4. The van der Waals surface area contributed by atoms with E-state index >= 15 is 0 Å². The monoisotopic (exact) mass is 446 g/mol. The Morgan fingerprint density at radius 3 is 1.62 bits per heavy atom. The van der Waals surface area contributed by atoms with Crippen molar-refractivity contribution in [3.8, 4) is 0 Å². The van der Waals surface area contributed by atoms with Gasteiger partial charge in [-0.3, -0.25) is 14.2 Å². The first-order chi connectivity index (χ1) is 13.4. The molecule has 0 fully saturated rings. The van der Waals surface area contributed by atoms with Crippen LogP contribution in [0.4, 0.5) is 0 Å². The first-order valence-corrected chi connectivity index (χ1v) is 12.3. The number of hydrogen-bond acceptors (Lipinski definition) is 7. The van der Waals surface area contributed by atoms with Gasteiger partial charge in [-0.25, -0.2) is 0 Å². The normalized spacial score (nSPS) is 12.1. The molecule has 29 heavy (non-hydrogen) atoms. The maximum Gasteiger partial charge on any atom is 1.00 e. The van der Waals surface area contributed by atoms with Crippen molar-refractivity contribution in [2.75, 3.05) is 26.4 Å². The Kier molecular flexibility index (Phi) is 21.6. The van der Waals surface area contributed by atoms with Gasteiger partial charge in [-0.15, -0.1) is 0 Å². The Labute approximate surface area is 200 Å². The summed E-state index contributed by atoms with van der Waals surface area (Å²) in [5.74, 6) is -1.32. The summed E-state index contributed by atoms with van der Waals surface area (Å²) >= 11 is 0. The van der Waals surface area contributed by atoms with Gasteiger partial charge in [0.2, 0.25) is 0 Å². The van der Waals surface area contributed by atoms with E-state index < -0.39 is 25.2 Å². The van der Waals surface area contributed by atoms with Crippen LogP contribution in [0.3, 0.4) is 0 Å². The van der Waals surface area contributed by atoms with E-state index in [0.29, 0.717) is 19.3 Å². The van der Waals surface area contributed by atoms with Crippen molar-refractivity contribution < 1.29 is 63.7 Å². The van der Waals surface area contributed by atoms with Crippen LogP contribution >= 0.6 is 7.60 Å². The van der Waals surface area contributed by atoms with Gasteiger partial charge in [0, 0.05) is 0 Å². The van der Waals surface area contributed by atoms with E-state index in [1.807, 2.05) is 27.7 Å². The topological polar surface area (TPSA) is 88.1 Å². The number of ether oxygens (including phenoxy) is 2. The van der Waals surface area contributed by atoms with Gasteiger partial charge in [0.25, 0.3) is 0 Å². The molecule has 0 aromatic rings. The Morgan fingerprint density at radius 1 is 0.759 bits per heavy atom. The maximum absolute atomic E-state index is 13.4. The summed E-state index contributed by atoms with van der Waals surface area (Å²) in [5.41, 5.74) is -1.30. The SMILES string of the molecule is CCCCOC(=O)CC(C(=O)OCCCC)P(=O)(OCCCC)OCCCC.[H-].[Na+]. The van der Waals surface area contributed by atoms with Crippen LogP contribution in [-0.4, -0.2) is 44.0 Å². The molecular weight excluding hydrogens is 406 g/mol. The van der Waals surface area contributed by atoms with Crippen LogP contribution in [0.1, 0.15) is 86.9 Å². The second-order valence-corrected chi connectivity index (χ2v) is 8.95. The standard InChI is InChI=1S/C20H39O7P.Na.H/c1-5-9-13-24-19(21)17-18(20(22)25-14-10-6-2)28(23,26-15-11-7-3)27-16-12-8-4;;/h18H,5-17H2,1-4H3;;/q;+1;-1. The molecule has 0 bridgehead atoms. The van der Waals surface area contributed by atoms with Crippen LogP contribution in [0.5, 0.6) is 0 Å². The van der Waals surface area contributed by atoms with E-state index in [-0.39, 0.29) is 63.8 Å². The molecule has 0 aliphatic heterocycles. The zero-order valence-electron chi connectivity index (χ0n) is 20.1. The molecule has 7 nitrogen and oxygen atoms in total. The molecule has 0 saturated carbocycles. The number of carbonyl (C=O) groups excluding carboxylic acids is 2. The predicted octanol–water partition coefficient (Wildman–Crippen LogP) is 2.37. The van der Waals surface area contributed by atoms with Gasteiger partial charge in [0.15, 0.2) is 5.66 Å².